The first-order valence-corrected chi connectivity index (χ1v) is 13.0. The van der Waals surface area contributed by atoms with Crippen LogP contribution in [0, 0.1) is 13.8 Å². The van der Waals surface area contributed by atoms with Crippen molar-refractivity contribution in [3.8, 4) is 0 Å². The summed E-state index contributed by atoms with van der Waals surface area (Å²) in [6.07, 6.45) is 1.95. The third kappa shape index (κ3) is 5.16. The lowest BCUT2D eigenvalue weighted by molar-refractivity contribution is -0.139. The average Bonchev–Trinajstić information content (AvgIpc) is 2.75. The molecule has 2 N–H and O–H groups in total. The number of thioether (sulfide) groups is 1. The van der Waals surface area contributed by atoms with E-state index in [1.54, 1.807) is 43.0 Å². The van der Waals surface area contributed by atoms with Crippen LogP contribution >= 0.6 is 11.8 Å². The molecule has 0 spiro atoms. The second-order valence-electron chi connectivity index (χ2n) is 7.42. The monoisotopic (exact) mass is 474 g/mol. The van der Waals surface area contributed by atoms with Gasteiger partial charge in [-0.2, -0.15) is 0 Å². The summed E-state index contributed by atoms with van der Waals surface area (Å²) in [7, 11) is -3.83. The van der Waals surface area contributed by atoms with E-state index >= 15 is 0 Å². The van der Waals surface area contributed by atoms with Gasteiger partial charge in [-0.25, -0.2) is 18.0 Å². The maximum absolute atomic E-state index is 13.2. The van der Waals surface area contributed by atoms with Crippen molar-refractivity contribution < 1.29 is 22.7 Å². The third-order valence-electron chi connectivity index (χ3n) is 5.27. The molecule has 0 aromatic heterocycles. The molecule has 9 heteroatoms. The first-order chi connectivity index (χ1) is 15.2. The van der Waals surface area contributed by atoms with E-state index in [9.17, 15) is 18.0 Å². The highest BCUT2D eigenvalue weighted by Crippen LogP contribution is 2.30. The van der Waals surface area contributed by atoms with E-state index in [0.717, 1.165) is 16.0 Å². The van der Waals surface area contributed by atoms with E-state index in [1.807, 2.05) is 32.2 Å². The topological polar surface area (TPSA) is 102 Å². The number of hydrogen-bond acceptors (Lipinski definition) is 6. The molecule has 7 nitrogen and oxygen atoms in total. The Morgan fingerprint density at radius 3 is 2.38 bits per heavy atom. The standard InChI is InChI=1S/C23H26N2O5S2/c1-5-30-22(26)20-19(13-32(28,29)18-11-6-14(2)15(3)12-18)24-23(27)25-21(20)16-7-9-17(31-4)10-8-16/h6-12,21H,5,13H2,1-4H3,(H2,24,25,27)/t21-/m0/s1. The summed E-state index contributed by atoms with van der Waals surface area (Å²) in [5, 5.41) is 5.25. The fraction of sp³-hybridized carbons (Fsp3) is 0.304. The van der Waals surface area contributed by atoms with Crippen LogP contribution in [0.25, 0.3) is 0 Å². The molecule has 0 radical (unpaired) electrons. The fourth-order valence-electron chi connectivity index (χ4n) is 3.41. The Labute approximate surface area is 192 Å². The van der Waals surface area contributed by atoms with Crippen LogP contribution in [-0.2, 0) is 19.4 Å². The summed E-state index contributed by atoms with van der Waals surface area (Å²) in [4.78, 5) is 26.4. The van der Waals surface area contributed by atoms with Crippen LogP contribution in [-0.4, -0.2) is 39.0 Å². The average molecular weight is 475 g/mol. The molecule has 3 rings (SSSR count). The van der Waals surface area contributed by atoms with Gasteiger partial charge in [0.1, 0.15) is 0 Å². The molecular weight excluding hydrogens is 448 g/mol. The van der Waals surface area contributed by atoms with Gasteiger partial charge >= 0.3 is 12.0 Å². The van der Waals surface area contributed by atoms with Crippen molar-refractivity contribution in [3.63, 3.8) is 0 Å². The van der Waals surface area contributed by atoms with Gasteiger partial charge in [-0.05, 0) is 68.0 Å². The van der Waals surface area contributed by atoms with Crippen molar-refractivity contribution in [3.05, 3.63) is 70.4 Å². The number of amides is 2. The molecule has 170 valence electrons. The highest BCUT2D eigenvalue weighted by Gasteiger charge is 2.35. The molecule has 2 aromatic carbocycles. The Balaban J connectivity index is 2.09. The molecule has 0 saturated carbocycles. The number of nitrogens with one attached hydrogen (secondary N) is 2. The van der Waals surface area contributed by atoms with Gasteiger partial charge in [0.2, 0.25) is 0 Å². The highest BCUT2D eigenvalue weighted by atomic mass is 32.2. The summed E-state index contributed by atoms with van der Waals surface area (Å²) in [5.74, 6) is -1.21. The lowest BCUT2D eigenvalue weighted by Crippen LogP contribution is -2.47. The van der Waals surface area contributed by atoms with E-state index in [4.69, 9.17) is 4.74 Å². The predicted octanol–water partition coefficient (Wildman–Crippen LogP) is 3.67. The lowest BCUT2D eigenvalue weighted by atomic mass is 9.95. The van der Waals surface area contributed by atoms with E-state index in [2.05, 4.69) is 10.6 Å². The summed E-state index contributed by atoms with van der Waals surface area (Å²) >= 11 is 1.57. The molecule has 0 aliphatic carbocycles. The number of benzene rings is 2. The zero-order chi connectivity index (χ0) is 23.5. The summed E-state index contributed by atoms with van der Waals surface area (Å²) in [6, 6.07) is 10.8. The van der Waals surface area contributed by atoms with E-state index in [-0.39, 0.29) is 22.8 Å². The van der Waals surface area contributed by atoms with Gasteiger partial charge in [0.05, 0.1) is 28.9 Å². The van der Waals surface area contributed by atoms with Gasteiger partial charge in [0, 0.05) is 10.6 Å². The highest BCUT2D eigenvalue weighted by molar-refractivity contribution is 7.98. The zero-order valence-electron chi connectivity index (χ0n) is 18.4. The van der Waals surface area contributed by atoms with Crippen LogP contribution < -0.4 is 10.6 Å². The number of hydrogen-bond donors (Lipinski definition) is 2. The van der Waals surface area contributed by atoms with Crippen LogP contribution in [0.15, 0.2) is 63.5 Å². The quantitative estimate of drug-likeness (QED) is 0.469. The largest absolute Gasteiger partial charge is 0.463 e. The third-order valence-corrected chi connectivity index (χ3v) is 7.65. The number of sulfone groups is 1. The molecule has 2 amide bonds. The Morgan fingerprint density at radius 1 is 1.09 bits per heavy atom. The fourth-order valence-corrected chi connectivity index (χ4v) is 5.22. The summed E-state index contributed by atoms with van der Waals surface area (Å²) < 4.78 is 31.5. The molecule has 0 fully saturated rings. The SMILES string of the molecule is CCOC(=O)C1=C(CS(=O)(=O)c2ccc(C)c(C)c2)NC(=O)N[C@H]1c1ccc(SC)cc1. The van der Waals surface area contributed by atoms with E-state index in [1.165, 1.54) is 6.07 Å². The molecular formula is C23H26N2O5S2. The molecule has 0 bridgehead atoms. The van der Waals surface area contributed by atoms with E-state index in [0.29, 0.717) is 5.56 Å². The minimum Gasteiger partial charge on any atom is -0.463 e. The van der Waals surface area contributed by atoms with Gasteiger partial charge < -0.3 is 15.4 Å². The predicted molar refractivity (Wildman–Crippen MR) is 124 cm³/mol. The molecule has 1 aliphatic rings. The first kappa shape index (κ1) is 23.9. The van der Waals surface area contributed by atoms with Gasteiger partial charge in [0.15, 0.2) is 9.84 Å². The smallest absolute Gasteiger partial charge is 0.338 e. The second kappa shape index (κ2) is 9.79. The van der Waals surface area contributed by atoms with Crippen molar-refractivity contribution in [2.75, 3.05) is 18.6 Å². The summed E-state index contributed by atoms with van der Waals surface area (Å²) in [6.45, 7) is 5.51. The molecule has 0 saturated heterocycles. The maximum atomic E-state index is 13.2. The van der Waals surface area contributed by atoms with Crippen LogP contribution in [0.1, 0.15) is 29.7 Å². The van der Waals surface area contributed by atoms with E-state index < -0.39 is 33.6 Å². The number of ether oxygens (including phenoxy) is 1. The Morgan fingerprint density at radius 2 is 1.78 bits per heavy atom. The molecule has 1 aliphatic heterocycles. The Hall–Kier alpha value is -2.78. The van der Waals surface area contributed by atoms with Gasteiger partial charge in [-0.3, -0.25) is 0 Å². The van der Waals surface area contributed by atoms with Gasteiger partial charge in [-0.15, -0.1) is 11.8 Å². The van der Waals surface area contributed by atoms with Crippen molar-refractivity contribution in [2.45, 2.75) is 36.6 Å². The maximum Gasteiger partial charge on any atom is 0.338 e. The number of carbonyl (C=O) groups excluding carboxylic acids is 2. The van der Waals surface area contributed by atoms with Crippen molar-refractivity contribution >= 4 is 33.6 Å². The molecule has 2 aromatic rings. The normalized spacial score (nSPS) is 16.4. The Kier molecular flexibility index (Phi) is 7.30. The number of urea groups is 1. The minimum atomic E-state index is -3.83. The number of esters is 1. The first-order valence-electron chi connectivity index (χ1n) is 10.1. The zero-order valence-corrected chi connectivity index (χ0v) is 20.0. The number of aryl methyl sites for hydroxylation is 2. The minimum absolute atomic E-state index is 0.0179. The van der Waals surface area contributed by atoms with Crippen molar-refractivity contribution in [1.82, 2.24) is 10.6 Å². The van der Waals surface area contributed by atoms with Crippen molar-refractivity contribution in [2.24, 2.45) is 0 Å². The Bertz CT molecular complexity index is 1170. The van der Waals surface area contributed by atoms with Crippen LogP contribution in [0.3, 0.4) is 0 Å². The van der Waals surface area contributed by atoms with Crippen LogP contribution in [0.2, 0.25) is 0 Å². The van der Waals surface area contributed by atoms with Gasteiger partial charge in [-0.1, -0.05) is 18.2 Å². The van der Waals surface area contributed by atoms with Crippen molar-refractivity contribution in [1.29, 1.82) is 0 Å². The lowest BCUT2D eigenvalue weighted by Gasteiger charge is -2.29. The number of carbonyl (C=O) groups is 2. The molecule has 1 heterocycles. The second-order valence-corrected chi connectivity index (χ2v) is 10.3. The molecule has 32 heavy (non-hydrogen) atoms. The number of rotatable bonds is 7. The van der Waals surface area contributed by atoms with Crippen LogP contribution in [0.5, 0.6) is 0 Å². The summed E-state index contributed by atoms with van der Waals surface area (Å²) in [5.41, 5.74) is 2.56. The van der Waals surface area contributed by atoms with Crippen LogP contribution in [0.4, 0.5) is 4.79 Å². The molecule has 1 atom stereocenters. The van der Waals surface area contributed by atoms with Gasteiger partial charge in [0.25, 0.3) is 0 Å². The molecule has 0 unspecified atom stereocenters.